The number of alkyl halides is 5. The zero-order valence-electron chi connectivity index (χ0n) is 6.82. The van der Waals surface area contributed by atoms with Gasteiger partial charge < -0.3 is 5.11 Å². The number of aromatic nitrogens is 1. The molecule has 0 spiro atoms. The molecule has 0 aliphatic heterocycles. The topological polar surface area (TPSA) is 33.1 Å². The van der Waals surface area contributed by atoms with Gasteiger partial charge in [-0.3, -0.25) is 0 Å². The van der Waals surface area contributed by atoms with Crippen LogP contribution >= 0.6 is 11.6 Å². The molecule has 0 radical (unpaired) electrons. The predicted octanol–water partition coefficient (Wildman–Crippen LogP) is 3.40. The van der Waals surface area contributed by atoms with E-state index in [2.05, 4.69) is 4.98 Å². The van der Waals surface area contributed by atoms with Crippen molar-refractivity contribution in [1.29, 1.82) is 0 Å². The van der Waals surface area contributed by atoms with Crippen LogP contribution in [0.1, 0.15) is 17.6 Å². The van der Waals surface area contributed by atoms with Crippen LogP contribution in [-0.2, 0) is 6.18 Å². The summed E-state index contributed by atoms with van der Waals surface area (Å²) in [5.74, 6) is -1.23. The highest BCUT2D eigenvalue weighted by atomic mass is 35.5. The summed E-state index contributed by atoms with van der Waals surface area (Å²) in [6, 6.07) is 0. The summed E-state index contributed by atoms with van der Waals surface area (Å²) in [6.45, 7) is 0. The van der Waals surface area contributed by atoms with Gasteiger partial charge in [-0.1, -0.05) is 11.6 Å². The molecule has 2 nitrogen and oxygen atoms in total. The van der Waals surface area contributed by atoms with Crippen molar-refractivity contribution in [3.8, 4) is 5.75 Å². The van der Waals surface area contributed by atoms with Crippen molar-refractivity contribution < 1.29 is 27.1 Å². The number of hydrogen-bond acceptors (Lipinski definition) is 2. The number of pyridine rings is 1. The standard InChI is InChI=1S/C7H3ClF5NO/c8-5-4(7(11,12)13)3(6(9)10)2(15)1-14-5/h1,6,15H. The lowest BCUT2D eigenvalue weighted by Gasteiger charge is -2.14. The highest BCUT2D eigenvalue weighted by Gasteiger charge is 2.40. The Kier molecular flexibility index (Phi) is 3.03. The fourth-order valence-electron chi connectivity index (χ4n) is 0.982. The summed E-state index contributed by atoms with van der Waals surface area (Å²) in [7, 11) is 0. The van der Waals surface area contributed by atoms with E-state index in [1.54, 1.807) is 0 Å². The summed E-state index contributed by atoms with van der Waals surface area (Å²) < 4.78 is 61.3. The molecule has 0 saturated carbocycles. The first-order chi connectivity index (χ1) is 6.75. The number of halogens is 6. The predicted molar refractivity (Wildman–Crippen MR) is 40.9 cm³/mol. The van der Waals surface area contributed by atoms with Crippen molar-refractivity contribution in [3.05, 3.63) is 22.5 Å². The first-order valence-corrected chi connectivity index (χ1v) is 3.85. The van der Waals surface area contributed by atoms with Gasteiger partial charge in [-0.05, 0) is 0 Å². The molecular weight excluding hydrogens is 245 g/mol. The van der Waals surface area contributed by atoms with Crippen LogP contribution in [0.3, 0.4) is 0 Å². The van der Waals surface area contributed by atoms with E-state index in [1.165, 1.54) is 0 Å². The van der Waals surface area contributed by atoms with Gasteiger partial charge in [0.1, 0.15) is 16.5 Å². The number of hydrogen-bond donors (Lipinski definition) is 1. The van der Waals surface area contributed by atoms with Gasteiger partial charge in [-0.25, -0.2) is 13.8 Å². The fourth-order valence-corrected chi connectivity index (χ4v) is 1.24. The molecular formula is C7H3ClF5NO. The summed E-state index contributed by atoms with van der Waals surface area (Å²) >= 11 is 5.05. The van der Waals surface area contributed by atoms with Gasteiger partial charge in [-0.15, -0.1) is 0 Å². The Labute approximate surface area is 85.3 Å². The van der Waals surface area contributed by atoms with Crippen molar-refractivity contribution in [2.45, 2.75) is 12.6 Å². The maximum Gasteiger partial charge on any atom is 0.419 e. The molecule has 15 heavy (non-hydrogen) atoms. The van der Waals surface area contributed by atoms with Gasteiger partial charge in [0.2, 0.25) is 0 Å². The first-order valence-electron chi connectivity index (χ1n) is 3.48. The molecule has 0 amide bonds. The Balaban J connectivity index is 3.53. The molecule has 1 heterocycles. The Morgan fingerprint density at radius 3 is 2.20 bits per heavy atom. The number of aromatic hydroxyl groups is 1. The molecule has 8 heteroatoms. The average Bonchev–Trinajstić information content (AvgIpc) is 2.05. The maximum absolute atomic E-state index is 12.3. The second-order valence-electron chi connectivity index (χ2n) is 2.52. The molecule has 0 fully saturated rings. The van der Waals surface area contributed by atoms with Crippen molar-refractivity contribution in [2.75, 3.05) is 0 Å². The quantitative estimate of drug-likeness (QED) is 0.609. The molecule has 0 atom stereocenters. The van der Waals surface area contributed by atoms with Gasteiger partial charge >= 0.3 is 6.18 Å². The minimum absolute atomic E-state index is 0.444. The molecule has 0 aromatic carbocycles. The van der Waals surface area contributed by atoms with Crippen molar-refractivity contribution >= 4 is 11.6 Å². The maximum atomic E-state index is 12.3. The molecule has 0 aliphatic rings. The van der Waals surface area contributed by atoms with Crippen LogP contribution in [0.2, 0.25) is 5.15 Å². The molecule has 1 aromatic rings. The summed E-state index contributed by atoms with van der Waals surface area (Å²) in [5, 5.41) is 7.73. The molecule has 0 bridgehead atoms. The van der Waals surface area contributed by atoms with E-state index in [-0.39, 0.29) is 0 Å². The van der Waals surface area contributed by atoms with Gasteiger partial charge in [-0.2, -0.15) is 13.2 Å². The van der Waals surface area contributed by atoms with E-state index in [1.807, 2.05) is 0 Å². The number of nitrogens with zero attached hydrogens (tertiary/aromatic N) is 1. The molecule has 1 aromatic heterocycles. The monoisotopic (exact) mass is 247 g/mol. The van der Waals surface area contributed by atoms with E-state index in [9.17, 15) is 22.0 Å². The largest absolute Gasteiger partial charge is 0.506 e. The summed E-state index contributed by atoms with van der Waals surface area (Å²) in [5.41, 5.74) is -3.36. The normalized spacial score (nSPS) is 12.2. The molecule has 0 aliphatic carbocycles. The SMILES string of the molecule is Oc1cnc(Cl)c(C(F)(F)F)c1C(F)F. The third-order valence-corrected chi connectivity index (χ3v) is 1.84. The van der Waals surface area contributed by atoms with Crippen LogP contribution in [0.25, 0.3) is 0 Å². The second kappa shape index (κ2) is 3.80. The third-order valence-electron chi connectivity index (χ3n) is 1.55. The van der Waals surface area contributed by atoms with Gasteiger partial charge in [0.25, 0.3) is 6.43 Å². The molecule has 1 N–H and O–H groups in total. The molecule has 1 rings (SSSR count). The summed E-state index contributed by atoms with van der Waals surface area (Å²) in [6.07, 6.45) is -8.13. The molecule has 84 valence electrons. The zero-order chi connectivity index (χ0) is 11.8. The smallest absolute Gasteiger partial charge is 0.419 e. The third kappa shape index (κ3) is 2.28. The van der Waals surface area contributed by atoms with E-state index >= 15 is 0 Å². The van der Waals surface area contributed by atoms with E-state index in [0.717, 1.165) is 0 Å². The average molecular weight is 248 g/mol. The van der Waals surface area contributed by atoms with E-state index < -0.39 is 34.6 Å². The lowest BCUT2D eigenvalue weighted by Crippen LogP contribution is -2.11. The highest BCUT2D eigenvalue weighted by molar-refractivity contribution is 6.30. The fraction of sp³-hybridized carbons (Fsp3) is 0.286. The van der Waals surface area contributed by atoms with Crippen LogP contribution in [0.15, 0.2) is 6.20 Å². The van der Waals surface area contributed by atoms with Gasteiger partial charge in [0.15, 0.2) is 0 Å². The second-order valence-corrected chi connectivity index (χ2v) is 2.88. The van der Waals surface area contributed by atoms with Crippen LogP contribution in [0.4, 0.5) is 22.0 Å². The molecule has 0 unspecified atom stereocenters. The zero-order valence-corrected chi connectivity index (χ0v) is 7.57. The van der Waals surface area contributed by atoms with Crippen molar-refractivity contribution in [2.24, 2.45) is 0 Å². The van der Waals surface area contributed by atoms with E-state index in [0.29, 0.717) is 6.20 Å². The Bertz CT molecular complexity index is 378. The van der Waals surface area contributed by atoms with Gasteiger partial charge in [0, 0.05) is 0 Å². The minimum atomic E-state index is -5.09. The first kappa shape index (κ1) is 12.0. The van der Waals surface area contributed by atoms with Gasteiger partial charge in [0.05, 0.1) is 11.8 Å². The van der Waals surface area contributed by atoms with Crippen LogP contribution < -0.4 is 0 Å². The minimum Gasteiger partial charge on any atom is -0.506 e. The Morgan fingerprint density at radius 1 is 1.33 bits per heavy atom. The van der Waals surface area contributed by atoms with Crippen LogP contribution in [0.5, 0.6) is 5.75 Å². The lowest BCUT2D eigenvalue weighted by atomic mass is 10.1. The number of rotatable bonds is 1. The highest BCUT2D eigenvalue weighted by Crippen LogP contribution is 2.43. The van der Waals surface area contributed by atoms with Crippen molar-refractivity contribution in [1.82, 2.24) is 4.98 Å². The van der Waals surface area contributed by atoms with Crippen LogP contribution in [0, 0.1) is 0 Å². The van der Waals surface area contributed by atoms with E-state index in [4.69, 9.17) is 16.7 Å². The summed E-state index contributed by atoms with van der Waals surface area (Å²) in [4.78, 5) is 2.95. The van der Waals surface area contributed by atoms with Crippen molar-refractivity contribution in [3.63, 3.8) is 0 Å². The Hall–Kier alpha value is -1.11. The molecule has 0 saturated heterocycles. The van der Waals surface area contributed by atoms with Crippen LogP contribution in [-0.4, -0.2) is 10.1 Å². The Morgan fingerprint density at radius 2 is 1.87 bits per heavy atom. The lowest BCUT2D eigenvalue weighted by molar-refractivity contribution is -0.139.